The van der Waals surface area contributed by atoms with Gasteiger partial charge in [0, 0.05) is 38.4 Å². The largest absolute Gasteiger partial charge is 0.378 e. The second-order valence-electron chi connectivity index (χ2n) is 6.13. The van der Waals surface area contributed by atoms with Crippen molar-refractivity contribution in [3.63, 3.8) is 0 Å². The average Bonchev–Trinajstić information content (AvgIpc) is 3.21. The van der Waals surface area contributed by atoms with Crippen molar-refractivity contribution in [2.45, 2.75) is 13.3 Å². The van der Waals surface area contributed by atoms with E-state index in [2.05, 4.69) is 15.0 Å². The lowest BCUT2D eigenvalue weighted by Crippen LogP contribution is -2.31. The Morgan fingerprint density at radius 3 is 2.92 bits per heavy atom. The number of rotatable bonds is 5. The van der Waals surface area contributed by atoms with Gasteiger partial charge in [0.2, 0.25) is 0 Å². The number of aryl methyl sites for hydroxylation is 1. The molecule has 2 N–H and O–H groups in total. The highest BCUT2D eigenvalue weighted by atomic mass is 32.1. The van der Waals surface area contributed by atoms with Gasteiger partial charge in [-0.25, -0.2) is 8.78 Å². The van der Waals surface area contributed by atoms with E-state index in [1.807, 2.05) is 11.8 Å². The highest BCUT2D eigenvalue weighted by molar-refractivity contribution is 7.10. The summed E-state index contributed by atoms with van der Waals surface area (Å²) in [5.74, 6) is -1.55. The van der Waals surface area contributed by atoms with Crippen LogP contribution in [0.15, 0.2) is 18.2 Å². The van der Waals surface area contributed by atoms with Crippen LogP contribution < -0.4 is 15.5 Å². The van der Waals surface area contributed by atoms with Crippen molar-refractivity contribution in [1.29, 1.82) is 0 Å². The van der Waals surface area contributed by atoms with E-state index in [1.165, 1.54) is 17.6 Å². The summed E-state index contributed by atoms with van der Waals surface area (Å²) in [5.41, 5.74) is 1.97. The zero-order chi connectivity index (χ0) is 18.0. The lowest BCUT2D eigenvalue weighted by molar-refractivity contribution is 0.0948. The second-order valence-corrected chi connectivity index (χ2v) is 6.90. The third-order valence-corrected chi connectivity index (χ3v) is 5.38. The number of halogens is 2. The van der Waals surface area contributed by atoms with Crippen molar-refractivity contribution in [2.24, 2.45) is 5.92 Å². The van der Waals surface area contributed by atoms with Crippen molar-refractivity contribution in [3.05, 3.63) is 41.1 Å². The first-order valence-electron chi connectivity index (χ1n) is 8.11. The maximum Gasteiger partial charge on any atom is 0.256 e. The molecule has 0 spiro atoms. The van der Waals surface area contributed by atoms with E-state index in [0.29, 0.717) is 30.0 Å². The molecule has 134 valence electrons. The summed E-state index contributed by atoms with van der Waals surface area (Å²) in [7, 11) is 1.76. The van der Waals surface area contributed by atoms with Crippen LogP contribution in [-0.2, 0) is 0 Å². The summed E-state index contributed by atoms with van der Waals surface area (Å²) in [6.07, 6.45) is 0.888. The Morgan fingerprint density at radius 1 is 1.40 bits per heavy atom. The van der Waals surface area contributed by atoms with Gasteiger partial charge in [-0.3, -0.25) is 4.79 Å². The summed E-state index contributed by atoms with van der Waals surface area (Å²) in [6, 6.07) is 3.94. The fraction of sp³-hybridized carbons (Fsp3) is 0.412. The van der Waals surface area contributed by atoms with Crippen molar-refractivity contribution >= 4 is 28.1 Å². The monoisotopic (exact) mass is 366 g/mol. The number of amides is 1. The highest BCUT2D eigenvalue weighted by Gasteiger charge is 2.25. The van der Waals surface area contributed by atoms with Crippen LogP contribution in [-0.4, -0.2) is 37.0 Å². The fourth-order valence-electron chi connectivity index (χ4n) is 3.05. The van der Waals surface area contributed by atoms with Gasteiger partial charge in [-0.05, 0) is 42.9 Å². The number of nitrogens with zero attached hydrogens (tertiary/aromatic N) is 2. The zero-order valence-electron chi connectivity index (χ0n) is 14.1. The minimum Gasteiger partial charge on any atom is -0.378 e. The minimum absolute atomic E-state index is 0.137. The standard InChI is InChI=1S/C17H20F2N4OS/c1-10-15(17(20-2)25-22-10)16(24)21-8-11-5-6-23(9-11)12-3-4-13(18)14(19)7-12/h3-4,7,11,20H,5-6,8-9H2,1-2H3,(H,21,24)/t11-/m0/s1. The van der Waals surface area contributed by atoms with Crippen LogP contribution in [0.2, 0.25) is 0 Å². The molecule has 1 aliphatic rings. The summed E-state index contributed by atoms with van der Waals surface area (Å²) in [5, 5.41) is 6.70. The van der Waals surface area contributed by atoms with Crippen LogP contribution in [0.3, 0.4) is 0 Å². The smallest absolute Gasteiger partial charge is 0.256 e. The lowest BCUT2D eigenvalue weighted by Gasteiger charge is -2.19. The van der Waals surface area contributed by atoms with Gasteiger partial charge < -0.3 is 15.5 Å². The first kappa shape index (κ1) is 17.6. The Bertz CT molecular complexity index is 780. The van der Waals surface area contributed by atoms with Gasteiger partial charge in [-0.15, -0.1) is 0 Å². The van der Waals surface area contributed by atoms with E-state index < -0.39 is 11.6 Å². The summed E-state index contributed by atoms with van der Waals surface area (Å²) < 4.78 is 30.6. The topological polar surface area (TPSA) is 57.3 Å². The molecule has 1 saturated heterocycles. The van der Waals surface area contributed by atoms with Crippen LogP contribution in [0.1, 0.15) is 22.5 Å². The van der Waals surface area contributed by atoms with E-state index in [1.54, 1.807) is 13.1 Å². The maximum absolute atomic E-state index is 13.4. The molecule has 1 aliphatic heterocycles. The molecule has 25 heavy (non-hydrogen) atoms. The number of nitrogens with one attached hydrogen (secondary N) is 2. The molecule has 2 aromatic rings. The number of carbonyl (C=O) groups is 1. The molecule has 1 aromatic carbocycles. The molecule has 3 rings (SSSR count). The third kappa shape index (κ3) is 3.73. The first-order chi connectivity index (χ1) is 12.0. The molecule has 0 bridgehead atoms. The Morgan fingerprint density at radius 2 is 2.20 bits per heavy atom. The normalized spacial score (nSPS) is 17.0. The Kier molecular flexibility index (Phi) is 5.17. The van der Waals surface area contributed by atoms with E-state index >= 15 is 0 Å². The molecule has 1 amide bonds. The van der Waals surface area contributed by atoms with E-state index in [9.17, 15) is 13.6 Å². The van der Waals surface area contributed by atoms with Crippen LogP contribution >= 0.6 is 11.5 Å². The van der Waals surface area contributed by atoms with E-state index in [0.717, 1.165) is 24.0 Å². The number of carbonyl (C=O) groups excluding carboxylic acids is 1. The predicted molar refractivity (Wildman–Crippen MR) is 95.4 cm³/mol. The van der Waals surface area contributed by atoms with Gasteiger partial charge in [0.1, 0.15) is 5.00 Å². The van der Waals surface area contributed by atoms with Crippen molar-refractivity contribution in [3.8, 4) is 0 Å². The predicted octanol–water partition coefficient (Wildman–Crippen LogP) is 3.03. The number of benzene rings is 1. The van der Waals surface area contributed by atoms with E-state index in [-0.39, 0.29) is 11.8 Å². The quantitative estimate of drug-likeness (QED) is 0.854. The summed E-state index contributed by atoms with van der Waals surface area (Å²) >= 11 is 1.27. The Hall–Kier alpha value is -2.22. The molecule has 2 heterocycles. The molecule has 1 atom stereocenters. The number of anilines is 2. The molecule has 1 aromatic heterocycles. The summed E-state index contributed by atoms with van der Waals surface area (Å²) in [4.78, 5) is 14.4. The maximum atomic E-state index is 13.4. The Labute approximate surface area is 149 Å². The average molecular weight is 366 g/mol. The highest BCUT2D eigenvalue weighted by Crippen LogP contribution is 2.26. The van der Waals surface area contributed by atoms with Crippen molar-refractivity contribution in [2.75, 3.05) is 36.9 Å². The van der Waals surface area contributed by atoms with E-state index in [4.69, 9.17) is 0 Å². The summed E-state index contributed by atoms with van der Waals surface area (Å²) in [6.45, 7) is 3.81. The molecule has 1 fully saturated rings. The minimum atomic E-state index is -0.841. The molecule has 5 nitrogen and oxygen atoms in total. The third-order valence-electron chi connectivity index (χ3n) is 4.42. The molecule has 0 saturated carbocycles. The first-order valence-corrected chi connectivity index (χ1v) is 8.89. The molecule has 0 radical (unpaired) electrons. The Balaban J connectivity index is 1.57. The fourth-order valence-corrected chi connectivity index (χ4v) is 3.79. The van der Waals surface area contributed by atoms with Crippen LogP contribution in [0, 0.1) is 24.5 Å². The molecular formula is C17H20F2N4OS. The second kappa shape index (κ2) is 7.35. The lowest BCUT2D eigenvalue weighted by atomic mass is 10.1. The van der Waals surface area contributed by atoms with Gasteiger partial charge in [-0.2, -0.15) is 4.37 Å². The van der Waals surface area contributed by atoms with Crippen LogP contribution in [0.5, 0.6) is 0 Å². The van der Waals surface area contributed by atoms with Gasteiger partial charge >= 0.3 is 0 Å². The van der Waals surface area contributed by atoms with Crippen molar-refractivity contribution in [1.82, 2.24) is 9.69 Å². The van der Waals surface area contributed by atoms with Gasteiger partial charge in [0.05, 0.1) is 11.3 Å². The van der Waals surface area contributed by atoms with Crippen LogP contribution in [0.4, 0.5) is 19.5 Å². The van der Waals surface area contributed by atoms with Gasteiger partial charge in [0.25, 0.3) is 5.91 Å². The number of aromatic nitrogens is 1. The van der Waals surface area contributed by atoms with Crippen LogP contribution in [0.25, 0.3) is 0 Å². The van der Waals surface area contributed by atoms with Crippen molar-refractivity contribution < 1.29 is 13.6 Å². The molecular weight excluding hydrogens is 346 g/mol. The molecule has 0 unspecified atom stereocenters. The SMILES string of the molecule is CNc1snc(C)c1C(=O)NC[C@@H]1CCN(c2ccc(F)c(F)c2)C1. The zero-order valence-corrected chi connectivity index (χ0v) is 14.9. The number of hydrogen-bond acceptors (Lipinski definition) is 5. The van der Waals surface area contributed by atoms with Gasteiger partial charge in [0.15, 0.2) is 11.6 Å². The number of hydrogen-bond donors (Lipinski definition) is 2. The van der Waals surface area contributed by atoms with Gasteiger partial charge in [-0.1, -0.05) is 0 Å². The molecule has 8 heteroatoms. The molecule has 0 aliphatic carbocycles.